The molecule has 1 saturated heterocycles. The van der Waals surface area contributed by atoms with Crippen LogP contribution in [0.15, 0.2) is 12.1 Å². The first-order valence-electron chi connectivity index (χ1n) is 7.09. The molecule has 1 aromatic carbocycles. The molecule has 112 valence electrons. The summed E-state index contributed by atoms with van der Waals surface area (Å²) in [6, 6.07) is 4.52. The first-order valence-corrected chi connectivity index (χ1v) is 7.46. The monoisotopic (exact) mass is 298 g/mol. The third-order valence-electron chi connectivity index (χ3n) is 3.44. The van der Waals surface area contributed by atoms with Crippen LogP contribution in [0.25, 0.3) is 0 Å². The van der Waals surface area contributed by atoms with Gasteiger partial charge in [-0.1, -0.05) is 11.6 Å². The normalized spacial score (nSPS) is 19.9. The fourth-order valence-electron chi connectivity index (χ4n) is 2.56. The second kappa shape index (κ2) is 7.16. The summed E-state index contributed by atoms with van der Waals surface area (Å²) < 4.78 is 10.9. The van der Waals surface area contributed by atoms with Gasteiger partial charge in [0.15, 0.2) is 11.5 Å². The van der Waals surface area contributed by atoms with Crippen LogP contribution in [-0.4, -0.2) is 44.3 Å². The molecule has 1 aliphatic heterocycles. The maximum Gasteiger partial charge on any atom is 0.179 e. The van der Waals surface area contributed by atoms with Crippen molar-refractivity contribution in [3.63, 3.8) is 0 Å². The summed E-state index contributed by atoms with van der Waals surface area (Å²) in [5, 5.41) is 4.06. The van der Waals surface area contributed by atoms with E-state index in [1.807, 2.05) is 19.1 Å². The smallest absolute Gasteiger partial charge is 0.179 e. The molecule has 1 atom stereocenters. The standard InChI is InChI=1S/C15H23ClN2O2/c1-4-20-15-13(16)7-12(8-14(15)19-3)10-18-6-5-17-11(2)9-18/h7-8,11,17H,4-6,9-10H2,1-3H3. The predicted octanol–water partition coefficient (Wildman–Crippen LogP) is 2.54. The van der Waals surface area contributed by atoms with E-state index in [-0.39, 0.29) is 0 Å². The average Bonchev–Trinajstić information content (AvgIpc) is 2.41. The van der Waals surface area contributed by atoms with Gasteiger partial charge in [0.05, 0.1) is 18.7 Å². The van der Waals surface area contributed by atoms with Crippen molar-refractivity contribution >= 4 is 11.6 Å². The molecule has 5 heteroatoms. The van der Waals surface area contributed by atoms with E-state index in [4.69, 9.17) is 21.1 Å². The van der Waals surface area contributed by atoms with Crippen molar-refractivity contribution < 1.29 is 9.47 Å². The SMILES string of the molecule is CCOc1c(Cl)cc(CN2CCNC(C)C2)cc1OC. The van der Waals surface area contributed by atoms with Gasteiger partial charge in [0.2, 0.25) is 0 Å². The van der Waals surface area contributed by atoms with Crippen LogP contribution in [0.3, 0.4) is 0 Å². The Morgan fingerprint density at radius 3 is 2.90 bits per heavy atom. The molecule has 1 N–H and O–H groups in total. The Bertz CT molecular complexity index is 454. The molecular weight excluding hydrogens is 276 g/mol. The molecule has 0 amide bonds. The summed E-state index contributed by atoms with van der Waals surface area (Å²) in [5.41, 5.74) is 1.16. The number of piperazine rings is 1. The Kier molecular flexibility index (Phi) is 5.52. The van der Waals surface area contributed by atoms with Gasteiger partial charge in [-0.3, -0.25) is 4.90 Å². The van der Waals surface area contributed by atoms with Crippen molar-refractivity contribution in [1.29, 1.82) is 0 Å². The van der Waals surface area contributed by atoms with Gasteiger partial charge in [-0.05, 0) is 31.5 Å². The number of nitrogens with one attached hydrogen (secondary N) is 1. The van der Waals surface area contributed by atoms with Crippen molar-refractivity contribution in [1.82, 2.24) is 10.2 Å². The Morgan fingerprint density at radius 2 is 2.25 bits per heavy atom. The zero-order valence-electron chi connectivity index (χ0n) is 12.4. The summed E-state index contributed by atoms with van der Waals surface area (Å²) in [7, 11) is 1.64. The van der Waals surface area contributed by atoms with Crippen LogP contribution in [0.2, 0.25) is 5.02 Å². The van der Waals surface area contributed by atoms with Crippen molar-refractivity contribution in [2.75, 3.05) is 33.4 Å². The van der Waals surface area contributed by atoms with Crippen molar-refractivity contribution in [2.24, 2.45) is 0 Å². The van der Waals surface area contributed by atoms with Crippen molar-refractivity contribution in [3.05, 3.63) is 22.7 Å². The van der Waals surface area contributed by atoms with Crippen LogP contribution in [-0.2, 0) is 6.54 Å². The second-order valence-corrected chi connectivity index (χ2v) is 5.54. The van der Waals surface area contributed by atoms with Gasteiger partial charge < -0.3 is 14.8 Å². The first kappa shape index (κ1) is 15.4. The molecule has 0 spiro atoms. The highest BCUT2D eigenvalue weighted by molar-refractivity contribution is 6.32. The lowest BCUT2D eigenvalue weighted by molar-refractivity contribution is 0.199. The second-order valence-electron chi connectivity index (χ2n) is 5.13. The third kappa shape index (κ3) is 3.78. The zero-order valence-corrected chi connectivity index (χ0v) is 13.2. The van der Waals surface area contributed by atoms with Crippen LogP contribution in [0.1, 0.15) is 19.4 Å². The molecule has 20 heavy (non-hydrogen) atoms. The molecule has 4 nitrogen and oxygen atoms in total. The van der Waals surface area contributed by atoms with Gasteiger partial charge in [0.25, 0.3) is 0 Å². The van der Waals surface area contributed by atoms with Gasteiger partial charge in [-0.25, -0.2) is 0 Å². The lowest BCUT2D eigenvalue weighted by Crippen LogP contribution is -2.48. The van der Waals surface area contributed by atoms with Crippen LogP contribution in [0.4, 0.5) is 0 Å². The van der Waals surface area contributed by atoms with Gasteiger partial charge in [-0.15, -0.1) is 0 Å². The van der Waals surface area contributed by atoms with Crippen molar-refractivity contribution in [2.45, 2.75) is 26.4 Å². The maximum atomic E-state index is 6.30. The van der Waals surface area contributed by atoms with E-state index in [1.165, 1.54) is 0 Å². The average molecular weight is 299 g/mol. The Morgan fingerprint density at radius 1 is 1.45 bits per heavy atom. The van der Waals surface area contributed by atoms with E-state index in [9.17, 15) is 0 Å². The van der Waals surface area contributed by atoms with Crippen molar-refractivity contribution in [3.8, 4) is 11.5 Å². The minimum atomic E-state index is 0.531. The maximum absolute atomic E-state index is 6.30. The molecule has 0 aliphatic carbocycles. The summed E-state index contributed by atoms with van der Waals surface area (Å²) >= 11 is 6.30. The van der Waals surface area contributed by atoms with E-state index in [2.05, 4.69) is 17.1 Å². The number of methoxy groups -OCH3 is 1. The number of benzene rings is 1. The van der Waals surface area contributed by atoms with Gasteiger partial charge >= 0.3 is 0 Å². The Hall–Kier alpha value is -0.970. The predicted molar refractivity (Wildman–Crippen MR) is 81.9 cm³/mol. The lowest BCUT2D eigenvalue weighted by Gasteiger charge is -2.32. The largest absolute Gasteiger partial charge is 0.493 e. The fourth-order valence-corrected chi connectivity index (χ4v) is 2.85. The minimum absolute atomic E-state index is 0.531. The Balaban J connectivity index is 2.14. The third-order valence-corrected chi connectivity index (χ3v) is 3.72. The molecule has 0 saturated carbocycles. The molecule has 1 heterocycles. The van der Waals surface area contributed by atoms with Crippen LogP contribution in [0.5, 0.6) is 11.5 Å². The van der Waals surface area contributed by atoms with E-state index < -0.39 is 0 Å². The highest BCUT2D eigenvalue weighted by Crippen LogP contribution is 2.36. The van der Waals surface area contributed by atoms with Gasteiger partial charge in [0.1, 0.15) is 0 Å². The number of nitrogens with zero attached hydrogens (tertiary/aromatic N) is 1. The van der Waals surface area contributed by atoms with Crippen LogP contribution < -0.4 is 14.8 Å². The summed E-state index contributed by atoms with van der Waals surface area (Å²) in [6.45, 7) is 8.73. The lowest BCUT2D eigenvalue weighted by atomic mass is 10.1. The number of halogens is 1. The number of hydrogen-bond acceptors (Lipinski definition) is 4. The molecule has 0 radical (unpaired) electrons. The highest BCUT2D eigenvalue weighted by atomic mass is 35.5. The molecule has 1 aromatic rings. The molecule has 0 bridgehead atoms. The van der Waals surface area contributed by atoms with E-state index in [0.29, 0.717) is 29.2 Å². The zero-order chi connectivity index (χ0) is 14.5. The number of ether oxygens (including phenoxy) is 2. The van der Waals surface area contributed by atoms with E-state index in [0.717, 1.165) is 31.7 Å². The molecular formula is C15H23ClN2O2. The summed E-state index contributed by atoms with van der Waals surface area (Å²) in [4.78, 5) is 2.42. The van der Waals surface area contributed by atoms with Gasteiger partial charge in [0, 0.05) is 32.2 Å². The first-order chi connectivity index (χ1) is 9.63. The fraction of sp³-hybridized carbons (Fsp3) is 0.600. The topological polar surface area (TPSA) is 33.7 Å². The molecule has 1 aliphatic rings. The van der Waals surface area contributed by atoms with Crippen LogP contribution in [0, 0.1) is 0 Å². The van der Waals surface area contributed by atoms with E-state index >= 15 is 0 Å². The Labute approximate surface area is 126 Å². The van der Waals surface area contributed by atoms with Crippen LogP contribution >= 0.6 is 11.6 Å². The molecule has 0 aromatic heterocycles. The van der Waals surface area contributed by atoms with Gasteiger partial charge in [-0.2, -0.15) is 0 Å². The number of rotatable bonds is 5. The molecule has 1 unspecified atom stereocenters. The summed E-state index contributed by atoms with van der Waals surface area (Å²) in [6.07, 6.45) is 0. The minimum Gasteiger partial charge on any atom is -0.493 e. The molecule has 2 rings (SSSR count). The van der Waals surface area contributed by atoms with E-state index in [1.54, 1.807) is 7.11 Å². The molecule has 1 fully saturated rings. The highest BCUT2D eigenvalue weighted by Gasteiger charge is 2.17. The quantitative estimate of drug-likeness (QED) is 0.906. The summed E-state index contributed by atoms with van der Waals surface area (Å²) in [5.74, 6) is 1.34. The number of hydrogen-bond donors (Lipinski definition) is 1.